The number of ether oxygens (including phenoxy) is 1. The molecule has 0 aliphatic heterocycles. The number of hydrogen-bond donors (Lipinski definition) is 7. The molecule has 0 aliphatic rings. The molecule has 2 aromatic rings. The molecule has 0 aromatic heterocycles. The highest BCUT2D eigenvalue weighted by Gasteiger charge is 2.31. The van der Waals surface area contributed by atoms with Crippen LogP contribution in [0.3, 0.4) is 0 Å². The van der Waals surface area contributed by atoms with Gasteiger partial charge in [0.25, 0.3) is 0 Å². The average molecular weight is 711 g/mol. The second kappa shape index (κ2) is 21.4. The Morgan fingerprint density at radius 2 is 1.29 bits per heavy atom. The first-order valence-electron chi connectivity index (χ1n) is 17.2. The fourth-order valence-corrected chi connectivity index (χ4v) is 5.29. The van der Waals surface area contributed by atoms with E-state index >= 15 is 0 Å². The molecule has 0 aliphatic carbocycles. The second-order valence-electron chi connectivity index (χ2n) is 13.4. The number of esters is 1. The summed E-state index contributed by atoms with van der Waals surface area (Å²) in [7, 11) is 1.22. The number of nitrogens with two attached hydrogens (primary N) is 1. The van der Waals surface area contributed by atoms with Crippen molar-refractivity contribution in [2.75, 3.05) is 13.7 Å². The number of carbonyl (C=O) groups excluding carboxylic acids is 6. The normalized spacial score (nSPS) is 14.6. The van der Waals surface area contributed by atoms with Gasteiger partial charge < -0.3 is 42.2 Å². The van der Waals surface area contributed by atoms with Crippen molar-refractivity contribution in [2.24, 2.45) is 17.6 Å². The Morgan fingerprint density at radius 1 is 0.725 bits per heavy atom. The third-order valence-electron chi connectivity index (χ3n) is 8.09. The Morgan fingerprint density at radius 3 is 1.82 bits per heavy atom. The van der Waals surface area contributed by atoms with Gasteiger partial charge in [0, 0.05) is 6.42 Å². The average Bonchev–Trinajstić information content (AvgIpc) is 3.08. The van der Waals surface area contributed by atoms with Crippen LogP contribution < -0.4 is 32.3 Å². The Labute approximate surface area is 300 Å². The third kappa shape index (κ3) is 15.3. The molecule has 6 atom stereocenters. The summed E-state index contributed by atoms with van der Waals surface area (Å²) >= 11 is 0. The van der Waals surface area contributed by atoms with Crippen LogP contribution in [0.25, 0.3) is 0 Å². The molecule has 0 radical (unpaired) electrons. The largest absolute Gasteiger partial charge is 0.467 e. The molecule has 51 heavy (non-hydrogen) atoms. The number of nitrogens with one attached hydrogen (secondary N) is 5. The number of amides is 5. The lowest BCUT2D eigenvalue weighted by atomic mass is 9.95. The van der Waals surface area contributed by atoms with E-state index in [0.717, 1.165) is 11.1 Å². The minimum atomic E-state index is -1.33. The lowest BCUT2D eigenvalue weighted by Gasteiger charge is -2.29. The van der Waals surface area contributed by atoms with Crippen molar-refractivity contribution in [3.05, 3.63) is 71.8 Å². The molecule has 0 spiro atoms. The van der Waals surface area contributed by atoms with E-state index in [1.165, 1.54) is 14.0 Å². The summed E-state index contributed by atoms with van der Waals surface area (Å²) in [5.74, 6) is -3.95. The zero-order valence-corrected chi connectivity index (χ0v) is 30.3. The van der Waals surface area contributed by atoms with E-state index in [1.807, 2.05) is 62.4 Å². The van der Waals surface area contributed by atoms with Crippen LogP contribution in [-0.2, 0) is 46.3 Å². The van der Waals surface area contributed by atoms with Gasteiger partial charge in [-0.25, -0.2) is 4.79 Å². The van der Waals surface area contributed by atoms with Gasteiger partial charge in [0.1, 0.15) is 18.1 Å². The minimum absolute atomic E-state index is 0.0139. The summed E-state index contributed by atoms with van der Waals surface area (Å²) in [6, 6.07) is 13.5. The predicted octanol–water partition coefficient (Wildman–Crippen LogP) is 0.501. The zero-order chi connectivity index (χ0) is 38.1. The van der Waals surface area contributed by atoms with Crippen LogP contribution in [0.5, 0.6) is 0 Å². The minimum Gasteiger partial charge on any atom is -0.467 e. The maximum atomic E-state index is 13.4. The number of carbonyl (C=O) groups is 6. The molecule has 0 bridgehead atoms. The van der Waals surface area contributed by atoms with E-state index in [1.54, 1.807) is 26.0 Å². The second-order valence-corrected chi connectivity index (χ2v) is 13.4. The Bertz CT molecular complexity index is 1440. The smallest absolute Gasteiger partial charge is 0.328 e. The van der Waals surface area contributed by atoms with E-state index in [9.17, 15) is 33.9 Å². The van der Waals surface area contributed by atoms with Crippen LogP contribution >= 0.6 is 0 Å². The van der Waals surface area contributed by atoms with Crippen molar-refractivity contribution in [2.45, 2.75) is 96.6 Å². The standard InChI is InChI=1S/C37H54N6O8/c1-22(2)17-28(30(44)20-31(45)40-24(5)34(47)42-29(37(50)51-6)19-26-15-11-8-12-16-26)41-36(49)33(23(3)4)43-32(46)21-39-35(48)27(38)18-25-13-9-7-10-14-25/h7-16,22-24,27-30,33,44H,17-21,38H2,1-6H3,(H,39,48)(H,40,45)(H,41,49)(H,42,47)(H,43,46)/t24-,27-,28-,29-,30-,33-/m0/s1. The fraction of sp³-hybridized carbons (Fsp3) is 0.514. The molecule has 2 aromatic carbocycles. The van der Waals surface area contributed by atoms with Crippen molar-refractivity contribution in [3.8, 4) is 0 Å². The topological polar surface area (TPSA) is 218 Å². The molecule has 14 nitrogen and oxygen atoms in total. The molecule has 280 valence electrons. The van der Waals surface area contributed by atoms with Crippen molar-refractivity contribution >= 4 is 35.5 Å². The van der Waals surface area contributed by atoms with Gasteiger partial charge in [0.15, 0.2) is 0 Å². The van der Waals surface area contributed by atoms with Gasteiger partial charge in [0.2, 0.25) is 29.5 Å². The van der Waals surface area contributed by atoms with Crippen LogP contribution in [0, 0.1) is 11.8 Å². The number of hydrogen-bond acceptors (Lipinski definition) is 9. The Hall–Kier alpha value is -4.82. The van der Waals surface area contributed by atoms with E-state index in [4.69, 9.17) is 10.5 Å². The first kappa shape index (κ1) is 42.3. The summed E-state index contributed by atoms with van der Waals surface area (Å²) < 4.78 is 4.84. The highest BCUT2D eigenvalue weighted by molar-refractivity contribution is 5.92. The van der Waals surface area contributed by atoms with E-state index in [0.29, 0.717) is 12.8 Å². The molecular formula is C37H54N6O8. The van der Waals surface area contributed by atoms with E-state index < -0.39 is 84.8 Å². The number of aliphatic hydroxyl groups excluding tert-OH is 1. The third-order valence-corrected chi connectivity index (χ3v) is 8.09. The first-order valence-corrected chi connectivity index (χ1v) is 17.2. The van der Waals surface area contributed by atoms with Crippen LogP contribution in [0.2, 0.25) is 0 Å². The highest BCUT2D eigenvalue weighted by atomic mass is 16.5. The lowest BCUT2D eigenvalue weighted by Crippen LogP contribution is -2.57. The molecule has 0 heterocycles. The van der Waals surface area contributed by atoms with Crippen LogP contribution in [0.1, 0.15) is 58.6 Å². The van der Waals surface area contributed by atoms with Gasteiger partial charge in [0.05, 0.1) is 38.3 Å². The fourth-order valence-electron chi connectivity index (χ4n) is 5.29. The van der Waals surface area contributed by atoms with Gasteiger partial charge in [-0.3, -0.25) is 24.0 Å². The molecule has 8 N–H and O–H groups in total. The van der Waals surface area contributed by atoms with Crippen molar-refractivity contribution < 1.29 is 38.6 Å². The van der Waals surface area contributed by atoms with Crippen molar-refractivity contribution in [1.82, 2.24) is 26.6 Å². The van der Waals surface area contributed by atoms with Crippen LogP contribution in [-0.4, -0.2) is 90.6 Å². The number of aliphatic hydroxyl groups is 1. The zero-order valence-electron chi connectivity index (χ0n) is 30.3. The molecule has 0 unspecified atom stereocenters. The van der Waals surface area contributed by atoms with Gasteiger partial charge in [-0.2, -0.15) is 0 Å². The summed E-state index contributed by atoms with van der Waals surface area (Å²) in [6.07, 6.45) is -0.982. The molecule has 5 amide bonds. The summed E-state index contributed by atoms with van der Waals surface area (Å²) in [5, 5.41) is 24.1. The van der Waals surface area contributed by atoms with Gasteiger partial charge >= 0.3 is 5.97 Å². The van der Waals surface area contributed by atoms with Crippen LogP contribution in [0.4, 0.5) is 0 Å². The van der Waals surface area contributed by atoms with Gasteiger partial charge in [-0.15, -0.1) is 0 Å². The number of methoxy groups -OCH3 is 1. The molecule has 0 fully saturated rings. The summed E-state index contributed by atoms with van der Waals surface area (Å²) in [6.45, 7) is 8.29. The van der Waals surface area contributed by atoms with Crippen molar-refractivity contribution in [1.29, 1.82) is 0 Å². The van der Waals surface area contributed by atoms with Crippen LogP contribution in [0.15, 0.2) is 60.7 Å². The van der Waals surface area contributed by atoms with Gasteiger partial charge in [-0.1, -0.05) is 88.4 Å². The monoisotopic (exact) mass is 710 g/mol. The molecule has 2 rings (SSSR count). The quantitative estimate of drug-likeness (QED) is 0.0951. The summed E-state index contributed by atoms with van der Waals surface area (Å²) in [4.78, 5) is 76.8. The van der Waals surface area contributed by atoms with Gasteiger partial charge in [-0.05, 0) is 42.7 Å². The molecule has 0 saturated heterocycles. The highest BCUT2D eigenvalue weighted by Crippen LogP contribution is 2.13. The lowest BCUT2D eigenvalue weighted by molar-refractivity contribution is -0.145. The maximum absolute atomic E-state index is 13.4. The number of benzene rings is 2. The Balaban J connectivity index is 1.96. The SMILES string of the molecule is COC(=O)[C@H](Cc1ccccc1)NC(=O)[C@H](C)NC(=O)C[C@H](O)[C@H](CC(C)C)NC(=O)[C@@H](NC(=O)CNC(=O)[C@@H](N)Cc1ccccc1)C(C)C. The Kier molecular flexibility index (Phi) is 17.8. The predicted molar refractivity (Wildman–Crippen MR) is 192 cm³/mol. The first-order chi connectivity index (χ1) is 24.1. The van der Waals surface area contributed by atoms with Crippen molar-refractivity contribution in [3.63, 3.8) is 0 Å². The summed E-state index contributed by atoms with van der Waals surface area (Å²) in [5.41, 5.74) is 7.67. The molecule has 14 heteroatoms. The van der Waals surface area contributed by atoms with E-state index in [2.05, 4.69) is 26.6 Å². The number of rotatable bonds is 20. The van der Waals surface area contributed by atoms with E-state index in [-0.39, 0.29) is 18.3 Å². The maximum Gasteiger partial charge on any atom is 0.328 e. The molecule has 0 saturated carbocycles. The molecular weight excluding hydrogens is 656 g/mol.